The quantitative estimate of drug-likeness (QED) is 0.437. The molecule has 2 aromatic heterocycles. The molecule has 0 saturated heterocycles. The molecule has 0 radical (unpaired) electrons. The molecule has 10 heteroatoms. The van der Waals surface area contributed by atoms with Crippen LogP contribution in [0.3, 0.4) is 0 Å². The Balaban J connectivity index is 1.57. The van der Waals surface area contributed by atoms with Gasteiger partial charge in [-0.05, 0) is 47.1 Å². The predicted molar refractivity (Wildman–Crippen MR) is 103 cm³/mol. The molecule has 28 heavy (non-hydrogen) atoms. The van der Waals surface area contributed by atoms with Crippen LogP contribution in [0.2, 0.25) is 0 Å². The Morgan fingerprint density at radius 3 is 2.82 bits per heavy atom. The van der Waals surface area contributed by atoms with Gasteiger partial charge in [0.25, 0.3) is 11.6 Å². The third-order valence-corrected chi connectivity index (χ3v) is 4.72. The number of carbonyl (C=O) groups excluding carboxylic acids is 1. The molecule has 1 amide bonds. The minimum Gasteiger partial charge on any atom is -0.486 e. The first kappa shape index (κ1) is 19.6. The third kappa shape index (κ3) is 4.39. The van der Waals surface area contributed by atoms with Crippen molar-refractivity contribution in [2.24, 2.45) is 7.05 Å². The van der Waals surface area contributed by atoms with Crippen LogP contribution in [0.5, 0.6) is 5.75 Å². The smallest absolute Gasteiger partial charge is 0.287 e. The minimum absolute atomic E-state index is 0.0318. The second kappa shape index (κ2) is 8.26. The molecule has 0 aliphatic rings. The van der Waals surface area contributed by atoms with E-state index in [1.807, 2.05) is 0 Å². The van der Waals surface area contributed by atoms with E-state index in [0.717, 1.165) is 10.2 Å². The minimum atomic E-state index is -0.444. The summed E-state index contributed by atoms with van der Waals surface area (Å²) in [5.74, 6) is 0.747. The fourth-order valence-electron chi connectivity index (χ4n) is 2.54. The summed E-state index contributed by atoms with van der Waals surface area (Å²) in [6.07, 6.45) is 1.66. The summed E-state index contributed by atoms with van der Waals surface area (Å²) in [5.41, 5.74) is 1.37. The average molecular weight is 449 g/mol. The van der Waals surface area contributed by atoms with Crippen molar-refractivity contribution in [1.29, 1.82) is 0 Å². The van der Waals surface area contributed by atoms with Crippen LogP contribution in [-0.4, -0.2) is 20.6 Å². The van der Waals surface area contributed by atoms with Gasteiger partial charge in [-0.15, -0.1) is 0 Å². The topological polar surface area (TPSA) is 112 Å². The van der Waals surface area contributed by atoms with Crippen LogP contribution in [-0.2, 0) is 20.2 Å². The standard InChI is InChI=1S/C18H17BrN4O5/c1-11-7-12(3-5-15(11)23(25)26)27-10-13-4-6-17(28-13)18(24)20-9-16-14(19)8-21-22(16)2/h3-8H,9-10H2,1-2H3,(H,20,24). The Morgan fingerprint density at radius 1 is 1.39 bits per heavy atom. The highest BCUT2D eigenvalue weighted by Gasteiger charge is 2.14. The number of aryl methyl sites for hydroxylation is 2. The first-order chi connectivity index (χ1) is 13.3. The van der Waals surface area contributed by atoms with Crippen molar-refractivity contribution >= 4 is 27.5 Å². The lowest BCUT2D eigenvalue weighted by atomic mass is 10.2. The predicted octanol–water partition coefficient (Wildman–Crippen LogP) is 3.50. The molecule has 146 valence electrons. The number of halogens is 1. The normalized spacial score (nSPS) is 10.7. The number of furan rings is 1. The number of nitro benzene ring substituents is 1. The number of hydrogen-bond donors (Lipinski definition) is 1. The summed E-state index contributed by atoms with van der Waals surface area (Å²) in [5, 5.41) is 17.7. The van der Waals surface area contributed by atoms with Crippen LogP contribution in [0.4, 0.5) is 5.69 Å². The maximum Gasteiger partial charge on any atom is 0.287 e. The van der Waals surface area contributed by atoms with E-state index in [4.69, 9.17) is 9.15 Å². The van der Waals surface area contributed by atoms with Crippen molar-refractivity contribution in [3.63, 3.8) is 0 Å². The van der Waals surface area contributed by atoms with E-state index in [1.54, 1.807) is 43.0 Å². The summed E-state index contributed by atoms with van der Waals surface area (Å²) in [4.78, 5) is 22.6. The number of hydrogen-bond acceptors (Lipinski definition) is 6. The summed E-state index contributed by atoms with van der Waals surface area (Å²) in [7, 11) is 1.79. The number of nitrogens with zero attached hydrogens (tertiary/aromatic N) is 3. The molecule has 0 unspecified atom stereocenters. The lowest BCUT2D eigenvalue weighted by Gasteiger charge is -2.06. The van der Waals surface area contributed by atoms with E-state index < -0.39 is 4.92 Å². The molecule has 0 bridgehead atoms. The number of nitrogens with one attached hydrogen (secondary N) is 1. The van der Waals surface area contributed by atoms with Gasteiger partial charge >= 0.3 is 0 Å². The van der Waals surface area contributed by atoms with Crippen LogP contribution >= 0.6 is 15.9 Å². The van der Waals surface area contributed by atoms with Crippen molar-refractivity contribution in [1.82, 2.24) is 15.1 Å². The van der Waals surface area contributed by atoms with Gasteiger partial charge in [0, 0.05) is 18.7 Å². The number of aromatic nitrogens is 2. The number of ether oxygens (including phenoxy) is 1. The second-order valence-corrected chi connectivity index (χ2v) is 6.86. The van der Waals surface area contributed by atoms with Gasteiger partial charge in [-0.2, -0.15) is 5.10 Å². The third-order valence-electron chi connectivity index (χ3n) is 4.06. The highest BCUT2D eigenvalue weighted by molar-refractivity contribution is 9.10. The van der Waals surface area contributed by atoms with Gasteiger partial charge in [0.2, 0.25) is 0 Å². The van der Waals surface area contributed by atoms with Gasteiger partial charge < -0.3 is 14.5 Å². The van der Waals surface area contributed by atoms with E-state index in [9.17, 15) is 14.9 Å². The largest absolute Gasteiger partial charge is 0.486 e. The maximum absolute atomic E-state index is 12.2. The van der Waals surface area contributed by atoms with Crippen molar-refractivity contribution in [2.45, 2.75) is 20.1 Å². The summed E-state index contributed by atoms with van der Waals surface area (Å²) in [6.45, 7) is 2.03. The van der Waals surface area contributed by atoms with Crippen LogP contribution in [0.25, 0.3) is 0 Å². The molecular formula is C18H17BrN4O5. The molecule has 0 aliphatic carbocycles. The van der Waals surface area contributed by atoms with Gasteiger partial charge in [-0.25, -0.2) is 0 Å². The summed E-state index contributed by atoms with van der Waals surface area (Å²) < 4.78 is 13.6. The van der Waals surface area contributed by atoms with Crippen molar-refractivity contribution < 1.29 is 18.9 Å². The molecule has 3 rings (SSSR count). The maximum atomic E-state index is 12.2. The van der Waals surface area contributed by atoms with E-state index in [2.05, 4.69) is 26.3 Å². The van der Waals surface area contributed by atoms with Crippen LogP contribution < -0.4 is 10.1 Å². The molecule has 0 saturated carbocycles. The van der Waals surface area contributed by atoms with Crippen LogP contribution in [0.15, 0.2) is 45.4 Å². The second-order valence-electron chi connectivity index (χ2n) is 6.01. The Kier molecular flexibility index (Phi) is 5.78. The zero-order valence-corrected chi connectivity index (χ0v) is 16.7. The first-order valence-corrected chi connectivity index (χ1v) is 9.05. The van der Waals surface area contributed by atoms with E-state index in [0.29, 0.717) is 23.6 Å². The van der Waals surface area contributed by atoms with E-state index in [1.165, 1.54) is 12.1 Å². The molecule has 0 fully saturated rings. The fourth-order valence-corrected chi connectivity index (χ4v) is 3.03. The molecule has 0 spiro atoms. The van der Waals surface area contributed by atoms with Crippen LogP contribution in [0, 0.1) is 17.0 Å². The molecule has 9 nitrogen and oxygen atoms in total. The van der Waals surface area contributed by atoms with Crippen LogP contribution in [0.1, 0.15) is 27.6 Å². The van der Waals surface area contributed by atoms with Gasteiger partial charge in [0.05, 0.1) is 27.8 Å². The summed E-state index contributed by atoms with van der Waals surface area (Å²) >= 11 is 3.38. The fraction of sp³-hybridized carbons (Fsp3) is 0.222. The lowest BCUT2D eigenvalue weighted by Crippen LogP contribution is -2.23. The Bertz CT molecular complexity index is 1010. The van der Waals surface area contributed by atoms with Crippen molar-refractivity contribution in [3.8, 4) is 5.75 Å². The molecule has 0 atom stereocenters. The Morgan fingerprint density at radius 2 is 2.18 bits per heavy atom. The number of rotatable bonds is 7. The zero-order chi connectivity index (χ0) is 20.3. The molecule has 3 aromatic rings. The monoisotopic (exact) mass is 448 g/mol. The zero-order valence-electron chi connectivity index (χ0n) is 15.1. The lowest BCUT2D eigenvalue weighted by molar-refractivity contribution is -0.385. The molecular weight excluding hydrogens is 432 g/mol. The van der Waals surface area contributed by atoms with Gasteiger partial charge in [0.1, 0.15) is 18.1 Å². The van der Waals surface area contributed by atoms with Gasteiger partial charge in [-0.1, -0.05) is 0 Å². The molecule has 2 heterocycles. The van der Waals surface area contributed by atoms with E-state index >= 15 is 0 Å². The number of amides is 1. The molecule has 1 N–H and O–H groups in total. The SMILES string of the molecule is Cc1cc(OCc2ccc(C(=O)NCc3c(Br)cnn3C)o2)ccc1[N+](=O)[O-]. The summed E-state index contributed by atoms with van der Waals surface area (Å²) in [6, 6.07) is 7.71. The van der Waals surface area contributed by atoms with E-state index in [-0.39, 0.29) is 24.0 Å². The first-order valence-electron chi connectivity index (χ1n) is 8.26. The Labute approximate surface area is 168 Å². The highest BCUT2D eigenvalue weighted by Crippen LogP contribution is 2.24. The molecule has 0 aliphatic heterocycles. The molecule has 1 aromatic carbocycles. The Hall–Kier alpha value is -3.14. The number of nitro groups is 1. The number of benzene rings is 1. The average Bonchev–Trinajstić information content (AvgIpc) is 3.25. The number of carbonyl (C=O) groups is 1. The highest BCUT2D eigenvalue weighted by atomic mass is 79.9. The van der Waals surface area contributed by atoms with Crippen molar-refractivity contribution in [3.05, 3.63) is 73.9 Å². The van der Waals surface area contributed by atoms with Crippen molar-refractivity contribution in [2.75, 3.05) is 0 Å². The van der Waals surface area contributed by atoms with Gasteiger partial charge in [0.15, 0.2) is 5.76 Å². The van der Waals surface area contributed by atoms with Gasteiger partial charge in [-0.3, -0.25) is 19.6 Å².